The monoisotopic (exact) mass is 308 g/mol. The Bertz CT molecular complexity index is 887. The van der Waals surface area contributed by atoms with Crippen molar-refractivity contribution in [2.75, 3.05) is 0 Å². The van der Waals surface area contributed by atoms with Crippen molar-refractivity contribution in [3.05, 3.63) is 58.6 Å². The summed E-state index contributed by atoms with van der Waals surface area (Å²) in [4.78, 5) is 0. The highest BCUT2D eigenvalue weighted by Gasteiger charge is 2.10. The van der Waals surface area contributed by atoms with Crippen LogP contribution < -0.4 is 0 Å². The van der Waals surface area contributed by atoms with E-state index in [1.54, 1.807) is 0 Å². The maximum Gasteiger partial charge on any atom is 0.0254 e. The summed E-state index contributed by atoms with van der Waals surface area (Å²) >= 11 is 3.67. The van der Waals surface area contributed by atoms with Gasteiger partial charge < -0.3 is 0 Å². The molecule has 0 nitrogen and oxygen atoms in total. The van der Waals surface area contributed by atoms with E-state index in [1.165, 1.54) is 42.4 Å². The van der Waals surface area contributed by atoms with E-state index in [9.17, 15) is 0 Å². The van der Waals surface area contributed by atoms with Gasteiger partial charge in [-0.05, 0) is 50.4 Å². The highest BCUT2D eigenvalue weighted by Crippen LogP contribution is 2.38. The van der Waals surface area contributed by atoms with Gasteiger partial charge in [0.05, 0.1) is 0 Å². The summed E-state index contributed by atoms with van der Waals surface area (Å²) in [5, 5.41) is 8.11. The van der Waals surface area contributed by atoms with Gasteiger partial charge in [-0.15, -0.1) is 0 Å². The Hall–Kier alpha value is -1.60. The fourth-order valence-electron chi connectivity index (χ4n) is 3.05. The van der Waals surface area contributed by atoms with Gasteiger partial charge in [0.15, 0.2) is 0 Å². The number of benzene rings is 4. The molecule has 0 amide bonds. The molecule has 1 heteroatoms. The predicted octanol–water partition coefficient (Wildman–Crippen LogP) is 5.91. The molecule has 0 spiro atoms. The SMILES string of the molecule is CCc1cc2ccc3ccc(Br)c4ccc(c1)c2c34. The van der Waals surface area contributed by atoms with Gasteiger partial charge in [0.1, 0.15) is 0 Å². The zero-order chi connectivity index (χ0) is 13.0. The largest absolute Gasteiger partial charge is 0.0613 e. The summed E-state index contributed by atoms with van der Waals surface area (Å²) < 4.78 is 1.17. The molecule has 0 N–H and O–H groups in total. The molecule has 0 aliphatic heterocycles. The smallest absolute Gasteiger partial charge is 0.0254 e. The molecule has 4 aromatic carbocycles. The normalized spacial score (nSPS) is 11.9. The van der Waals surface area contributed by atoms with Crippen molar-refractivity contribution < 1.29 is 0 Å². The Morgan fingerprint density at radius 3 is 2.16 bits per heavy atom. The van der Waals surface area contributed by atoms with Crippen LogP contribution in [0.4, 0.5) is 0 Å². The molecule has 0 unspecified atom stereocenters. The second-order valence-electron chi connectivity index (χ2n) is 5.09. The third-order valence-corrected chi connectivity index (χ3v) is 4.71. The molecule has 0 bridgehead atoms. The number of halogens is 1. The third kappa shape index (κ3) is 1.51. The van der Waals surface area contributed by atoms with Crippen molar-refractivity contribution in [3.63, 3.8) is 0 Å². The van der Waals surface area contributed by atoms with Crippen molar-refractivity contribution in [1.82, 2.24) is 0 Å². The van der Waals surface area contributed by atoms with Crippen LogP contribution in [0, 0.1) is 0 Å². The molecular weight excluding hydrogens is 296 g/mol. The van der Waals surface area contributed by atoms with E-state index in [2.05, 4.69) is 71.4 Å². The third-order valence-electron chi connectivity index (χ3n) is 4.01. The van der Waals surface area contributed by atoms with Crippen LogP contribution >= 0.6 is 15.9 Å². The van der Waals surface area contributed by atoms with Gasteiger partial charge >= 0.3 is 0 Å². The fraction of sp³-hybridized carbons (Fsp3) is 0.111. The van der Waals surface area contributed by atoms with E-state index in [-0.39, 0.29) is 0 Å². The highest BCUT2D eigenvalue weighted by atomic mass is 79.9. The van der Waals surface area contributed by atoms with Crippen LogP contribution in [-0.4, -0.2) is 0 Å². The van der Waals surface area contributed by atoms with Crippen molar-refractivity contribution in [2.24, 2.45) is 0 Å². The van der Waals surface area contributed by atoms with Crippen molar-refractivity contribution in [1.29, 1.82) is 0 Å². The Kier molecular flexibility index (Phi) is 2.33. The molecule has 0 saturated carbocycles. The summed E-state index contributed by atoms with van der Waals surface area (Å²) in [6.45, 7) is 2.21. The van der Waals surface area contributed by atoms with Gasteiger partial charge in [-0.2, -0.15) is 0 Å². The lowest BCUT2D eigenvalue weighted by Gasteiger charge is -2.13. The number of rotatable bonds is 1. The van der Waals surface area contributed by atoms with Crippen LogP contribution in [0.5, 0.6) is 0 Å². The quantitative estimate of drug-likeness (QED) is 0.383. The zero-order valence-corrected chi connectivity index (χ0v) is 12.3. The fourth-order valence-corrected chi connectivity index (χ4v) is 3.51. The van der Waals surface area contributed by atoms with Crippen molar-refractivity contribution in [2.45, 2.75) is 13.3 Å². The zero-order valence-electron chi connectivity index (χ0n) is 10.7. The molecule has 0 fully saturated rings. The van der Waals surface area contributed by atoms with Crippen LogP contribution in [0.2, 0.25) is 0 Å². The van der Waals surface area contributed by atoms with Gasteiger partial charge in [-0.1, -0.05) is 65.3 Å². The standard InChI is InChI=1S/C18H13Br/c1-2-11-9-13-4-3-12-6-8-16(19)15-7-5-14(10-11)17(13)18(12)15/h3-10H,2H2,1H3. The molecule has 0 atom stereocenters. The topological polar surface area (TPSA) is 0 Å². The molecule has 4 rings (SSSR count). The summed E-state index contributed by atoms with van der Waals surface area (Å²) in [6.07, 6.45) is 1.08. The molecule has 0 radical (unpaired) electrons. The van der Waals surface area contributed by atoms with Gasteiger partial charge in [-0.25, -0.2) is 0 Å². The Morgan fingerprint density at radius 2 is 1.42 bits per heavy atom. The molecular formula is C18H13Br. The maximum atomic E-state index is 3.67. The Labute approximate surface area is 120 Å². The lowest BCUT2D eigenvalue weighted by molar-refractivity contribution is 1.15. The Morgan fingerprint density at radius 1 is 0.789 bits per heavy atom. The van der Waals surface area contributed by atoms with E-state index < -0.39 is 0 Å². The molecule has 4 aromatic rings. The molecule has 0 aliphatic carbocycles. The Balaban J connectivity index is 2.34. The first-order chi connectivity index (χ1) is 9.28. The molecule has 92 valence electrons. The molecule has 0 aliphatic rings. The predicted molar refractivity (Wildman–Crippen MR) is 87.2 cm³/mol. The molecule has 19 heavy (non-hydrogen) atoms. The number of hydrogen-bond acceptors (Lipinski definition) is 0. The van der Waals surface area contributed by atoms with Crippen LogP contribution in [0.1, 0.15) is 12.5 Å². The van der Waals surface area contributed by atoms with Crippen LogP contribution in [0.15, 0.2) is 53.0 Å². The first kappa shape index (κ1) is 11.2. The van der Waals surface area contributed by atoms with Crippen LogP contribution in [0.25, 0.3) is 32.3 Å². The minimum absolute atomic E-state index is 1.08. The summed E-state index contributed by atoms with van der Waals surface area (Å²) in [6, 6.07) is 17.9. The van der Waals surface area contributed by atoms with Gasteiger partial charge in [0.25, 0.3) is 0 Å². The van der Waals surface area contributed by atoms with Crippen molar-refractivity contribution >= 4 is 48.2 Å². The summed E-state index contributed by atoms with van der Waals surface area (Å²) in [7, 11) is 0. The lowest BCUT2D eigenvalue weighted by atomic mass is 9.92. The van der Waals surface area contributed by atoms with E-state index >= 15 is 0 Å². The molecule has 0 aromatic heterocycles. The highest BCUT2D eigenvalue weighted by molar-refractivity contribution is 9.10. The number of aryl methyl sites for hydroxylation is 1. The molecule has 0 heterocycles. The van der Waals surface area contributed by atoms with Crippen molar-refractivity contribution in [3.8, 4) is 0 Å². The van der Waals surface area contributed by atoms with Gasteiger partial charge in [0.2, 0.25) is 0 Å². The number of hydrogen-bond donors (Lipinski definition) is 0. The van der Waals surface area contributed by atoms with E-state index in [1.807, 2.05) is 0 Å². The minimum Gasteiger partial charge on any atom is -0.0613 e. The first-order valence-electron chi connectivity index (χ1n) is 6.64. The van der Waals surface area contributed by atoms with Crippen LogP contribution in [0.3, 0.4) is 0 Å². The summed E-state index contributed by atoms with van der Waals surface area (Å²) in [5.41, 5.74) is 1.41. The van der Waals surface area contributed by atoms with E-state index in [0.29, 0.717) is 0 Å². The first-order valence-corrected chi connectivity index (χ1v) is 7.43. The van der Waals surface area contributed by atoms with Gasteiger partial charge in [0, 0.05) is 4.47 Å². The van der Waals surface area contributed by atoms with E-state index in [0.717, 1.165) is 6.42 Å². The molecule has 0 saturated heterocycles. The summed E-state index contributed by atoms with van der Waals surface area (Å²) in [5.74, 6) is 0. The minimum atomic E-state index is 1.08. The maximum absolute atomic E-state index is 3.67. The average Bonchev–Trinajstić information content (AvgIpc) is 2.46. The van der Waals surface area contributed by atoms with Crippen LogP contribution in [-0.2, 0) is 6.42 Å². The lowest BCUT2D eigenvalue weighted by Crippen LogP contribution is -1.87. The second kappa shape index (κ2) is 3.94. The van der Waals surface area contributed by atoms with E-state index in [4.69, 9.17) is 0 Å². The second-order valence-corrected chi connectivity index (χ2v) is 5.95. The van der Waals surface area contributed by atoms with Gasteiger partial charge in [-0.3, -0.25) is 0 Å². The average molecular weight is 309 g/mol.